The van der Waals surface area contributed by atoms with E-state index in [2.05, 4.69) is 17.4 Å². The van der Waals surface area contributed by atoms with Crippen molar-refractivity contribution in [2.45, 2.75) is 55.5 Å². The van der Waals surface area contributed by atoms with Gasteiger partial charge < -0.3 is 5.32 Å². The number of nitrogens with zero attached hydrogens (tertiary/aromatic N) is 3. The van der Waals surface area contributed by atoms with Gasteiger partial charge in [-0.1, -0.05) is 18.2 Å². The smallest absolute Gasteiger partial charge is 0.252 e. The SMILES string of the molecule is Cc1nn([C@@H]2CCS(=O)(=O)C2)c2nc(C3CC3)cc(C(=O)N[C@@H]3CCSc4ccccc43)c12. The Labute approximate surface area is 197 Å². The van der Waals surface area contributed by atoms with Crippen molar-refractivity contribution in [3.05, 3.63) is 52.8 Å². The van der Waals surface area contributed by atoms with Gasteiger partial charge in [0.2, 0.25) is 0 Å². The molecule has 1 saturated carbocycles. The Morgan fingerprint density at radius 3 is 2.76 bits per heavy atom. The summed E-state index contributed by atoms with van der Waals surface area (Å²) >= 11 is 1.83. The number of pyridine rings is 1. The maximum absolute atomic E-state index is 13.6. The minimum atomic E-state index is -3.06. The molecule has 2 atom stereocenters. The number of hydrogen-bond acceptors (Lipinski definition) is 6. The number of hydrogen-bond donors (Lipinski definition) is 1. The van der Waals surface area contributed by atoms with Gasteiger partial charge in [-0.2, -0.15) is 5.10 Å². The number of sulfone groups is 1. The monoisotopic (exact) mass is 482 g/mol. The Morgan fingerprint density at radius 1 is 1.18 bits per heavy atom. The number of rotatable bonds is 4. The number of aryl methyl sites for hydroxylation is 1. The van der Waals surface area contributed by atoms with E-state index in [1.165, 1.54) is 10.5 Å². The highest BCUT2D eigenvalue weighted by Crippen LogP contribution is 2.41. The van der Waals surface area contributed by atoms with E-state index < -0.39 is 9.84 Å². The molecule has 2 aromatic heterocycles. The number of carbonyl (C=O) groups excluding carboxylic acids is 1. The summed E-state index contributed by atoms with van der Waals surface area (Å²) in [7, 11) is -3.06. The van der Waals surface area contributed by atoms with Gasteiger partial charge in [0.25, 0.3) is 5.91 Å². The molecule has 1 amide bonds. The van der Waals surface area contributed by atoms with Crippen LogP contribution in [0, 0.1) is 6.92 Å². The number of amides is 1. The summed E-state index contributed by atoms with van der Waals surface area (Å²) in [5.74, 6) is 1.47. The molecule has 9 heteroatoms. The van der Waals surface area contributed by atoms with Crippen molar-refractivity contribution >= 4 is 38.5 Å². The number of carbonyl (C=O) groups is 1. The summed E-state index contributed by atoms with van der Waals surface area (Å²) in [5, 5.41) is 8.70. The molecule has 6 rings (SSSR count). The summed E-state index contributed by atoms with van der Waals surface area (Å²) in [4.78, 5) is 19.8. The molecular weight excluding hydrogens is 456 g/mol. The first kappa shape index (κ1) is 21.2. The number of nitrogens with one attached hydrogen (secondary N) is 1. The lowest BCUT2D eigenvalue weighted by molar-refractivity contribution is 0.0936. The van der Waals surface area contributed by atoms with Crippen molar-refractivity contribution in [3.63, 3.8) is 0 Å². The van der Waals surface area contributed by atoms with Crippen molar-refractivity contribution in [2.24, 2.45) is 0 Å². The van der Waals surface area contributed by atoms with Crippen LogP contribution in [0.5, 0.6) is 0 Å². The van der Waals surface area contributed by atoms with Crippen LogP contribution in [0.25, 0.3) is 11.0 Å². The van der Waals surface area contributed by atoms with E-state index in [9.17, 15) is 13.2 Å². The molecule has 3 aromatic rings. The normalized spacial score (nSPS) is 24.0. The molecule has 1 aliphatic carbocycles. The Hall–Kier alpha value is -2.39. The summed E-state index contributed by atoms with van der Waals surface area (Å²) in [6.45, 7) is 1.88. The van der Waals surface area contributed by atoms with Crippen LogP contribution >= 0.6 is 11.8 Å². The Bertz CT molecular complexity index is 1380. The zero-order valence-electron chi connectivity index (χ0n) is 18.5. The molecule has 33 heavy (non-hydrogen) atoms. The predicted octanol–water partition coefficient (Wildman–Crippen LogP) is 3.94. The molecular formula is C24H26N4O3S2. The minimum Gasteiger partial charge on any atom is -0.345 e. The van der Waals surface area contributed by atoms with Gasteiger partial charge in [-0.05, 0) is 50.3 Å². The molecule has 172 valence electrons. The minimum absolute atomic E-state index is 0.0298. The zero-order valence-corrected chi connectivity index (χ0v) is 20.1. The van der Waals surface area contributed by atoms with Crippen LogP contribution in [0.4, 0.5) is 0 Å². The van der Waals surface area contributed by atoms with E-state index in [0.717, 1.165) is 36.1 Å². The molecule has 2 fully saturated rings. The first-order chi connectivity index (χ1) is 15.9. The van der Waals surface area contributed by atoms with E-state index in [-0.39, 0.29) is 29.5 Å². The van der Waals surface area contributed by atoms with Crippen LogP contribution in [0.15, 0.2) is 35.2 Å². The average Bonchev–Trinajstić information content (AvgIpc) is 3.52. The van der Waals surface area contributed by atoms with Gasteiger partial charge in [0.15, 0.2) is 15.5 Å². The van der Waals surface area contributed by atoms with Crippen LogP contribution in [0.1, 0.15) is 71.0 Å². The van der Waals surface area contributed by atoms with Crippen molar-refractivity contribution in [1.29, 1.82) is 0 Å². The third-order valence-corrected chi connectivity index (χ3v) is 9.79. The fourth-order valence-corrected chi connectivity index (χ4v) is 7.87. The maximum atomic E-state index is 13.6. The van der Waals surface area contributed by atoms with Gasteiger partial charge in [0.05, 0.1) is 40.2 Å². The zero-order chi connectivity index (χ0) is 22.7. The van der Waals surface area contributed by atoms with Crippen molar-refractivity contribution in [3.8, 4) is 0 Å². The van der Waals surface area contributed by atoms with E-state index in [1.807, 2.05) is 36.9 Å². The van der Waals surface area contributed by atoms with Crippen LogP contribution in [-0.2, 0) is 9.84 Å². The lowest BCUT2D eigenvalue weighted by atomic mass is 10.0. The molecule has 0 unspecified atom stereocenters. The quantitative estimate of drug-likeness (QED) is 0.605. The van der Waals surface area contributed by atoms with Gasteiger partial charge in [-0.15, -0.1) is 11.8 Å². The molecule has 1 N–H and O–H groups in total. The van der Waals surface area contributed by atoms with E-state index >= 15 is 0 Å². The molecule has 0 spiro atoms. The van der Waals surface area contributed by atoms with E-state index in [1.54, 1.807) is 4.68 Å². The Balaban J connectivity index is 1.41. The first-order valence-corrected chi connectivity index (χ1v) is 14.3. The third kappa shape index (κ3) is 3.85. The highest BCUT2D eigenvalue weighted by molar-refractivity contribution is 7.99. The summed E-state index contributed by atoms with van der Waals surface area (Å²) in [6, 6.07) is 9.92. The van der Waals surface area contributed by atoms with Gasteiger partial charge in [-0.25, -0.2) is 18.1 Å². The van der Waals surface area contributed by atoms with Gasteiger partial charge in [-0.3, -0.25) is 4.79 Å². The fourth-order valence-electron chi connectivity index (χ4n) is 5.05. The lowest BCUT2D eigenvalue weighted by Crippen LogP contribution is -2.31. The molecule has 0 radical (unpaired) electrons. The van der Waals surface area contributed by atoms with Crippen LogP contribution in [0.3, 0.4) is 0 Å². The topological polar surface area (TPSA) is 93.9 Å². The molecule has 0 bridgehead atoms. The second-order valence-electron chi connectivity index (χ2n) is 9.36. The van der Waals surface area contributed by atoms with Gasteiger partial charge >= 0.3 is 0 Å². The summed E-state index contributed by atoms with van der Waals surface area (Å²) < 4.78 is 26.0. The maximum Gasteiger partial charge on any atom is 0.252 e. The Morgan fingerprint density at radius 2 is 2.00 bits per heavy atom. The average molecular weight is 483 g/mol. The predicted molar refractivity (Wildman–Crippen MR) is 129 cm³/mol. The summed E-state index contributed by atoms with van der Waals surface area (Å²) in [5.41, 5.74) is 4.03. The van der Waals surface area contributed by atoms with Crippen LogP contribution < -0.4 is 5.32 Å². The van der Waals surface area contributed by atoms with Crippen molar-refractivity contribution in [1.82, 2.24) is 20.1 Å². The molecule has 4 heterocycles. The van der Waals surface area contributed by atoms with Crippen LogP contribution in [0.2, 0.25) is 0 Å². The number of benzene rings is 1. The van der Waals surface area contributed by atoms with E-state index in [0.29, 0.717) is 29.2 Å². The second kappa shape index (κ2) is 7.84. The first-order valence-electron chi connectivity index (χ1n) is 11.5. The Kier molecular flexibility index (Phi) is 5.03. The largest absolute Gasteiger partial charge is 0.345 e. The third-order valence-electron chi connectivity index (χ3n) is 6.92. The molecule has 2 aliphatic heterocycles. The highest BCUT2D eigenvalue weighted by atomic mass is 32.2. The highest BCUT2D eigenvalue weighted by Gasteiger charge is 2.34. The molecule has 1 aromatic carbocycles. The number of thioether (sulfide) groups is 1. The lowest BCUT2D eigenvalue weighted by Gasteiger charge is -2.26. The molecule has 3 aliphatic rings. The summed E-state index contributed by atoms with van der Waals surface area (Å²) in [6.07, 6.45) is 3.55. The van der Waals surface area contributed by atoms with Crippen molar-refractivity contribution < 1.29 is 13.2 Å². The van der Waals surface area contributed by atoms with Gasteiger partial charge in [0.1, 0.15) is 0 Å². The number of aromatic nitrogens is 3. The number of fused-ring (bicyclic) bond motifs is 2. The van der Waals surface area contributed by atoms with Crippen molar-refractivity contribution in [2.75, 3.05) is 17.3 Å². The molecule has 1 saturated heterocycles. The van der Waals surface area contributed by atoms with E-state index in [4.69, 9.17) is 10.1 Å². The second-order valence-corrected chi connectivity index (χ2v) is 12.7. The fraction of sp³-hybridized carbons (Fsp3) is 0.458. The van der Waals surface area contributed by atoms with Gasteiger partial charge in [0, 0.05) is 22.3 Å². The van der Waals surface area contributed by atoms with Crippen LogP contribution in [-0.4, -0.2) is 46.3 Å². The molecule has 7 nitrogen and oxygen atoms in total. The standard InChI is InChI=1S/C24H26N4O3S2/c1-14-22-18(24(29)26-19-8-10-32-21-5-3-2-4-17(19)21)12-20(15-6-7-15)25-23(22)28(27-14)16-9-11-33(30,31)13-16/h2-5,12,15-16,19H,6-11,13H2,1H3,(H,26,29)/t16-,19-/m1/s1.